The van der Waals surface area contributed by atoms with E-state index < -0.39 is 11.6 Å². The van der Waals surface area contributed by atoms with Crippen molar-refractivity contribution < 1.29 is 36.4 Å². The minimum atomic E-state index is -0.494. The van der Waals surface area contributed by atoms with Gasteiger partial charge in [-0.1, -0.05) is 119 Å². The topological polar surface area (TPSA) is 113 Å². The Bertz CT molecular complexity index is 3570. The van der Waals surface area contributed by atoms with Gasteiger partial charge in [0, 0.05) is 63.5 Å². The van der Waals surface area contributed by atoms with E-state index in [2.05, 4.69) is 91.1 Å². The molecule has 7 aromatic rings. The van der Waals surface area contributed by atoms with Crippen LogP contribution in [-0.4, -0.2) is 99.5 Å². The molecule has 3 saturated heterocycles. The van der Waals surface area contributed by atoms with E-state index in [9.17, 15) is 4.79 Å². The van der Waals surface area contributed by atoms with Crippen molar-refractivity contribution in [3.63, 3.8) is 0 Å². The van der Waals surface area contributed by atoms with Gasteiger partial charge in [-0.15, -0.1) is 13.1 Å². The molecular weight excluding hydrogens is 1250 g/mol. The van der Waals surface area contributed by atoms with E-state index in [1.165, 1.54) is 94.9 Å². The number of fused-ring (bicyclic) bond motifs is 6. The van der Waals surface area contributed by atoms with E-state index in [1.54, 1.807) is 0 Å². The normalized spacial score (nSPS) is 16.3. The molecule has 0 bridgehead atoms. The molecular formula is C74H82BrCl3MgN6O4. The molecule has 0 spiro atoms. The Labute approximate surface area is 569 Å². The molecule has 3 aromatic heterocycles. The number of hydroxylamine groups is 2. The quantitative estimate of drug-likeness (QED) is 0.105. The smallest absolute Gasteiger partial charge is 1.00 e. The number of carbonyl (C=O) groups is 1. The largest absolute Gasteiger partial charge is 2.00 e. The van der Waals surface area contributed by atoms with Crippen LogP contribution in [0.3, 0.4) is 0 Å². The van der Waals surface area contributed by atoms with Crippen LogP contribution in [0.5, 0.6) is 0 Å². The van der Waals surface area contributed by atoms with Crippen LogP contribution < -0.4 is 22.3 Å². The fourth-order valence-electron chi connectivity index (χ4n) is 12.6. The average molecular weight is 1330 g/mol. The predicted molar refractivity (Wildman–Crippen MR) is 361 cm³/mol. The first kappa shape index (κ1) is 69.8. The number of aryl methyl sites for hydroxylation is 8. The van der Waals surface area contributed by atoms with E-state index in [1.807, 2.05) is 108 Å². The monoisotopic (exact) mass is 1330 g/mol. The van der Waals surface area contributed by atoms with E-state index in [-0.39, 0.29) is 45.6 Å². The van der Waals surface area contributed by atoms with E-state index in [0.717, 1.165) is 148 Å². The van der Waals surface area contributed by atoms with Crippen LogP contribution in [0.4, 0.5) is 0 Å². The number of piperidine rings is 3. The first-order valence-electron chi connectivity index (χ1n) is 31.0. The molecule has 0 radical (unpaired) electrons. The third kappa shape index (κ3) is 18.2. The van der Waals surface area contributed by atoms with Gasteiger partial charge in [0.05, 0.1) is 28.2 Å². The van der Waals surface area contributed by atoms with Crippen molar-refractivity contribution in [3.8, 4) is 0 Å². The van der Waals surface area contributed by atoms with Gasteiger partial charge in [-0.2, -0.15) is 9.95 Å². The summed E-state index contributed by atoms with van der Waals surface area (Å²) >= 11 is 18.8. The Balaban J connectivity index is 0.000000155. The van der Waals surface area contributed by atoms with Gasteiger partial charge >= 0.3 is 29.0 Å². The molecule has 10 nitrogen and oxygen atoms in total. The second kappa shape index (κ2) is 32.0. The van der Waals surface area contributed by atoms with E-state index in [0.29, 0.717) is 5.56 Å². The number of nitrogens with one attached hydrogen (secondary N) is 1. The standard InChI is InChI=1S/C23H27ClN2O.C19H19ClN2.C19H18ClN2.C13H18O3.BrH.Mg/c1-23(2,3)27-26-13-10-16(11-14-26)21-20-9-8-19(24)15-18(20)7-6-17-5-4-12-25-22(17)21;2*20-16-5-6-17-15(12-16)4-3-14-2-1-9-22-19(14)18(17)13-7-10-21-11-8-13;1-9-7-6-8-10(2)11(9)12(14)15-16-13(3,4)5;;/h4-5,8-9,12,15H,6-7,10-11,13-14H2,1-3H3;1-2,5-6,9,12,21H,3-4,7-8,10-11H2;1-2,5-6,9,12H,3-4,7-8,10-11H2;6-8H,1-5H3;1H;/q;;-1;;;+2/p-1. The Hall–Kier alpha value is -5.06. The molecule has 0 saturated carbocycles. The molecule has 1 N–H and O–H groups in total. The van der Waals surface area contributed by atoms with Crippen LogP contribution in [0, 0.1) is 13.8 Å². The third-order valence-electron chi connectivity index (χ3n) is 16.6. The van der Waals surface area contributed by atoms with E-state index >= 15 is 0 Å². The van der Waals surface area contributed by atoms with Gasteiger partial charge in [-0.3, -0.25) is 24.7 Å². The Kier molecular flexibility index (Phi) is 25.1. The zero-order valence-electron chi connectivity index (χ0n) is 52.9. The van der Waals surface area contributed by atoms with Crippen LogP contribution in [0.2, 0.25) is 15.1 Å². The summed E-state index contributed by atoms with van der Waals surface area (Å²) in [5.74, 6) is -0.439. The van der Waals surface area contributed by atoms with Gasteiger partial charge in [0.15, 0.2) is 0 Å². The number of hydrogen-bond donors (Lipinski definition) is 1. The summed E-state index contributed by atoms with van der Waals surface area (Å²) in [6, 6.07) is 37.4. The molecule has 15 heteroatoms. The minimum absolute atomic E-state index is 0. The third-order valence-corrected chi connectivity index (χ3v) is 17.3. The summed E-state index contributed by atoms with van der Waals surface area (Å²) in [7, 11) is 0. The van der Waals surface area contributed by atoms with Crippen molar-refractivity contribution in [2.75, 3.05) is 39.3 Å². The summed E-state index contributed by atoms with van der Waals surface area (Å²) in [4.78, 5) is 42.0. The van der Waals surface area contributed by atoms with Crippen molar-refractivity contribution >= 4 is 80.5 Å². The second-order valence-electron chi connectivity index (χ2n) is 25.3. The molecule has 0 atom stereocenters. The Morgan fingerprint density at radius 1 is 0.494 bits per heavy atom. The predicted octanol–water partition coefficient (Wildman–Crippen LogP) is 14.1. The molecule has 89 heavy (non-hydrogen) atoms. The Morgan fingerprint density at radius 2 is 0.876 bits per heavy atom. The van der Waals surface area contributed by atoms with Gasteiger partial charge < -0.3 is 27.6 Å². The molecule has 0 amide bonds. The van der Waals surface area contributed by atoms with Gasteiger partial charge in [0.2, 0.25) is 0 Å². The summed E-state index contributed by atoms with van der Waals surface area (Å²) < 4.78 is 0. The number of carbonyl (C=O) groups excluding carboxylic acids is 1. The van der Waals surface area contributed by atoms with Crippen LogP contribution >= 0.6 is 34.8 Å². The molecule has 462 valence electrons. The van der Waals surface area contributed by atoms with Gasteiger partial charge in [0.25, 0.3) is 0 Å². The molecule has 4 aromatic carbocycles. The summed E-state index contributed by atoms with van der Waals surface area (Å²) in [5, 5.41) is 12.5. The van der Waals surface area contributed by atoms with Crippen LogP contribution in [-0.2, 0) is 53.1 Å². The first-order chi connectivity index (χ1) is 41.9. The maximum absolute atomic E-state index is 11.8. The van der Waals surface area contributed by atoms with Crippen molar-refractivity contribution in [3.05, 3.63) is 249 Å². The van der Waals surface area contributed by atoms with Crippen molar-refractivity contribution in [2.24, 2.45) is 0 Å². The number of pyridine rings is 3. The van der Waals surface area contributed by atoms with Gasteiger partial charge in [-0.25, -0.2) is 4.79 Å². The Morgan fingerprint density at radius 3 is 1.27 bits per heavy atom. The summed E-state index contributed by atoms with van der Waals surface area (Å²) in [5.41, 5.74) is 25.8. The maximum Gasteiger partial charge on any atom is 2.00 e. The second-order valence-corrected chi connectivity index (χ2v) is 26.6. The molecule has 13 rings (SSSR count). The molecule has 6 heterocycles. The van der Waals surface area contributed by atoms with Crippen molar-refractivity contribution in [1.82, 2.24) is 25.3 Å². The van der Waals surface area contributed by atoms with Crippen molar-refractivity contribution in [1.29, 1.82) is 0 Å². The van der Waals surface area contributed by atoms with Crippen LogP contribution in [0.1, 0.15) is 169 Å². The maximum atomic E-state index is 11.8. The fraction of sp³-hybridized carbons (Fsp3) is 0.378. The SMILES string of the molecule is CC(C)(C)ON1CCC(=C2c3ccc(Cl)cc3CCc3cccnc32)CC1.Cc1cccc(C)c1C(=O)OOC(C)(C)C.Clc1ccc2c(c1)CCc1cccnc1C2=C1CCNCC1.Clc1ccc2c(c1)CCc1cccnc1C2=C1CC[N-]CC1.[Br-].[Mg+2]. The number of rotatable bonds is 3. The fourth-order valence-corrected chi connectivity index (χ4v) is 13.2. The number of hydrogen-bond acceptors (Lipinski definition) is 9. The minimum Gasteiger partial charge on any atom is -1.00 e. The van der Waals surface area contributed by atoms with Crippen LogP contribution in [0.15, 0.2) is 145 Å². The molecule has 3 aliphatic carbocycles. The molecule has 0 unspecified atom stereocenters. The number of benzene rings is 4. The first-order valence-corrected chi connectivity index (χ1v) is 32.1. The molecule has 3 aliphatic heterocycles. The zero-order chi connectivity index (χ0) is 61.2. The molecule has 3 fully saturated rings. The van der Waals surface area contributed by atoms with Crippen LogP contribution in [0.25, 0.3) is 22.0 Å². The van der Waals surface area contributed by atoms with Gasteiger partial charge in [0.1, 0.15) is 5.60 Å². The molecule has 6 aliphatic rings. The van der Waals surface area contributed by atoms with Crippen molar-refractivity contribution in [2.45, 2.75) is 144 Å². The van der Waals surface area contributed by atoms with E-state index in [4.69, 9.17) is 64.4 Å². The summed E-state index contributed by atoms with van der Waals surface area (Å²) in [6.45, 7) is 21.4. The van der Waals surface area contributed by atoms with Gasteiger partial charge in [-0.05, 0) is 248 Å². The summed E-state index contributed by atoms with van der Waals surface area (Å²) in [6.07, 6.45) is 18.2. The number of halogens is 4. The zero-order valence-corrected chi connectivity index (χ0v) is 58.2. The number of aromatic nitrogens is 3. The number of nitrogens with zero attached hydrogens (tertiary/aromatic N) is 5. The average Bonchev–Trinajstić information content (AvgIpc) is 1.93.